The molecule has 0 bridgehead atoms. The molecule has 4 N–H and O–H groups in total. The normalized spacial score (nSPS) is 15.8. The SMILES string of the molecule is C.CC(=O)N1CCC(Nc2ncc(-c3nn[nH]n3)cn2)(c2ccc(F)cc2)CC1.CC(=O)N1CCC(Nc2ncc(-c3nnc(C(F)F)o3)cn2)(c2ccc(F)cc2)CC1.CC(=O)N1CCC(Nc2ncc(C#N)cn2)(c2ccc(F)cc2)CC1.[2H]S.[2H][3H]. The van der Waals surface area contributed by atoms with E-state index in [0.29, 0.717) is 112 Å². The molecule has 8 heterocycles. The maximum absolute atomic E-state index is 13.5. The van der Waals surface area contributed by atoms with Gasteiger partial charge in [-0.25, -0.2) is 43.1 Å². The number of nitriles is 1. The number of benzene rings is 3. The van der Waals surface area contributed by atoms with Crippen molar-refractivity contribution >= 4 is 49.0 Å². The maximum atomic E-state index is 13.5. The van der Waals surface area contributed by atoms with Gasteiger partial charge in [-0.2, -0.15) is 32.7 Å². The molecule has 0 saturated carbocycles. The van der Waals surface area contributed by atoms with Gasteiger partial charge in [0.1, 0.15) is 23.5 Å². The van der Waals surface area contributed by atoms with E-state index >= 15 is 0 Å². The highest BCUT2D eigenvalue weighted by Crippen LogP contribution is 2.39. The van der Waals surface area contributed by atoms with Crippen LogP contribution in [0.5, 0.6) is 0 Å². The largest absolute Gasteiger partial charge is 0.415 e. The first-order valence-electron chi connectivity index (χ1n) is 28.0. The van der Waals surface area contributed by atoms with Crippen LogP contribution in [0.4, 0.5) is 39.8 Å². The van der Waals surface area contributed by atoms with Crippen LogP contribution >= 0.6 is 13.4 Å². The number of aromatic nitrogens is 12. The van der Waals surface area contributed by atoms with E-state index in [9.17, 15) is 36.3 Å². The molecule has 0 unspecified atom stereocenters. The Balaban J connectivity index is 0.000000207. The van der Waals surface area contributed by atoms with Crippen LogP contribution in [0.1, 0.15) is 104 Å². The Bertz CT molecular complexity index is 3540. The predicted octanol–water partition coefficient (Wildman–Crippen LogP) is 8.73. The lowest BCUT2D eigenvalue weighted by atomic mass is 9.81. The highest BCUT2D eigenvalue weighted by atomic mass is 32.1. The van der Waals surface area contributed by atoms with Gasteiger partial charge in [0.05, 0.1) is 46.8 Å². The number of piperidine rings is 3. The highest BCUT2D eigenvalue weighted by molar-refractivity contribution is 7.59. The fourth-order valence-corrected chi connectivity index (χ4v) is 10.2. The smallest absolute Gasteiger partial charge is 0.314 e. The van der Waals surface area contributed by atoms with Crippen molar-refractivity contribution in [2.45, 2.75) is 89.8 Å². The molecule has 3 aliphatic heterocycles. The minimum absolute atomic E-state index is 0. The number of halogens is 5. The van der Waals surface area contributed by atoms with Crippen molar-refractivity contribution in [2.75, 3.05) is 55.2 Å². The number of nitrogens with one attached hydrogen (secondary N) is 4. The third kappa shape index (κ3) is 15.4. The number of hydrogen-bond acceptors (Lipinski definition) is 19. The van der Waals surface area contributed by atoms with E-state index in [1.807, 2.05) is 11.0 Å². The number of amides is 3. The van der Waals surface area contributed by atoms with Crippen LogP contribution in [0, 0.1) is 28.8 Å². The monoisotopic (exact) mass is 1210 g/mol. The summed E-state index contributed by atoms with van der Waals surface area (Å²) in [6.45, 7) is 8.08. The summed E-state index contributed by atoms with van der Waals surface area (Å²) in [6.07, 6.45) is 9.84. The molecular weight excluding hydrogens is 1140 g/mol. The number of alkyl halides is 2. The van der Waals surface area contributed by atoms with Crippen molar-refractivity contribution in [2.24, 2.45) is 0 Å². The number of tetrazole rings is 1. The fraction of sp³-hybridized carbons (Fsp3) is 0.351. The number of carbonyl (C=O) groups is 3. The van der Waals surface area contributed by atoms with Gasteiger partial charge in [-0.3, -0.25) is 14.4 Å². The Kier molecular flexibility index (Phi) is 20.1. The molecular formula is C57H64F5N19O4S. The lowest BCUT2D eigenvalue weighted by molar-refractivity contribution is -0.131. The third-order valence-corrected chi connectivity index (χ3v) is 15.0. The van der Waals surface area contributed by atoms with E-state index in [2.05, 4.69) is 90.1 Å². The summed E-state index contributed by atoms with van der Waals surface area (Å²) < 4.78 is 85.9. The molecule has 86 heavy (non-hydrogen) atoms. The molecule has 8 aromatic rings. The summed E-state index contributed by atoms with van der Waals surface area (Å²) in [4.78, 5) is 66.0. The summed E-state index contributed by atoms with van der Waals surface area (Å²) in [7, 11) is 0. The Morgan fingerprint density at radius 1 is 0.605 bits per heavy atom. The second kappa shape index (κ2) is 28.3. The van der Waals surface area contributed by atoms with Crippen molar-refractivity contribution in [3.8, 4) is 28.9 Å². The molecule has 452 valence electrons. The summed E-state index contributed by atoms with van der Waals surface area (Å²) in [5, 5.41) is 39.5. The molecule has 5 aromatic heterocycles. The van der Waals surface area contributed by atoms with Crippen molar-refractivity contribution in [1.29, 1.82) is 6.39 Å². The van der Waals surface area contributed by atoms with Crippen LogP contribution in [-0.2, 0) is 31.0 Å². The standard InChI is InChI=1S/C20H19F3N6O2.C18H19FN8O.C18H18FN5O.CH4.H2S.H2/c1-12(30)29-8-6-20(7-9-29,14-2-4-15(21)5-3-14)26-19-24-10-13(11-25-19)17-27-28-18(31-17)16(22)23;1-12(28)27-8-6-18(7-9-27,14-2-4-15(19)5-3-14)22-17-20-10-13(11-21-17)16-23-25-26-24-16;1-13(25)24-8-6-18(7-9-24,15-2-4-16(19)5-3-15)23-17-21-11-14(10-20)12-22-17;;;/h2-5,10-11,16H,6-9H2,1H3,(H,24,25,26);2-5,10-11H,6-9H2,1H3,(H,20,21,22)(H,23,24,25,26);2-5,11-12H,6-9H2,1H3,(H,21,22,23);1H4;1H2;1H/i;;;;;1+2D/hD. The number of anilines is 3. The topological polar surface area (TPSA) is 292 Å². The van der Waals surface area contributed by atoms with Crippen LogP contribution in [-0.4, -0.2) is 134 Å². The number of rotatable bonds is 12. The minimum atomic E-state index is -2.86. The molecule has 0 spiro atoms. The zero-order chi connectivity index (χ0) is 63.4. The fourth-order valence-electron chi connectivity index (χ4n) is 10.2. The number of likely N-dealkylation sites (tertiary alicyclic amines) is 3. The molecule has 3 fully saturated rings. The van der Waals surface area contributed by atoms with E-state index in [1.165, 1.54) is 68.1 Å². The average Bonchev–Trinajstić information content (AvgIpc) is 2.00. The first-order valence-corrected chi connectivity index (χ1v) is 26.6. The summed E-state index contributed by atoms with van der Waals surface area (Å²) in [6, 6.07) is 20.9. The van der Waals surface area contributed by atoms with Gasteiger partial charge >= 0.3 is 6.43 Å². The molecule has 23 nitrogen and oxygen atoms in total. The first-order chi connectivity index (χ1) is 42.4. The maximum Gasteiger partial charge on any atom is 0.314 e. The summed E-state index contributed by atoms with van der Waals surface area (Å²) >= 11 is 2.78. The quantitative estimate of drug-likeness (QED) is 0.0831. The van der Waals surface area contributed by atoms with Gasteiger partial charge in [-0.05, 0) is 96.8 Å². The van der Waals surface area contributed by atoms with E-state index in [1.54, 1.807) is 72.4 Å². The van der Waals surface area contributed by atoms with Crippen LogP contribution in [0.2, 0.25) is 0 Å². The molecule has 3 aliphatic rings. The number of H-pyrrole nitrogens is 1. The second-order valence-electron chi connectivity index (χ2n) is 20.1. The number of hydrogen-bond donors (Lipinski definition) is 4. The highest BCUT2D eigenvalue weighted by Gasteiger charge is 2.40. The van der Waals surface area contributed by atoms with Gasteiger partial charge in [-0.15, -0.1) is 20.4 Å². The third-order valence-electron chi connectivity index (χ3n) is 15.0. The Hall–Kier alpha value is -9.59. The molecule has 3 amide bonds. The van der Waals surface area contributed by atoms with Crippen LogP contribution in [0.25, 0.3) is 22.8 Å². The molecule has 0 aliphatic carbocycles. The van der Waals surface area contributed by atoms with E-state index < -0.39 is 28.9 Å². The van der Waals surface area contributed by atoms with E-state index in [4.69, 9.17) is 13.8 Å². The average molecular weight is 1210 g/mol. The zero-order valence-electron chi connectivity index (χ0n) is 49.1. The number of nitrogens with zero attached hydrogens (tertiary/aromatic N) is 15. The molecule has 11 rings (SSSR count). The summed E-state index contributed by atoms with van der Waals surface area (Å²) in [5.74, 6) is -0.180. The predicted molar refractivity (Wildman–Crippen MR) is 311 cm³/mol. The van der Waals surface area contributed by atoms with Crippen LogP contribution < -0.4 is 16.0 Å². The van der Waals surface area contributed by atoms with Crippen molar-refractivity contribution < 1.29 is 43.7 Å². The summed E-state index contributed by atoms with van der Waals surface area (Å²) in [5.41, 5.74) is 2.44. The van der Waals surface area contributed by atoms with Crippen LogP contribution in [0.3, 0.4) is 0 Å². The van der Waals surface area contributed by atoms with Gasteiger partial charge in [0.2, 0.25) is 41.4 Å². The van der Waals surface area contributed by atoms with Crippen molar-refractivity contribution in [3.63, 3.8) is 0 Å². The van der Waals surface area contributed by atoms with Crippen LogP contribution in [0.15, 0.2) is 114 Å². The molecule has 29 heteroatoms. The van der Waals surface area contributed by atoms with E-state index in [0.717, 1.165) is 16.7 Å². The number of aromatic amines is 1. The van der Waals surface area contributed by atoms with Crippen molar-refractivity contribution in [3.05, 3.63) is 156 Å². The molecule has 3 aromatic carbocycles. The lowest BCUT2D eigenvalue weighted by Gasteiger charge is -2.42. The van der Waals surface area contributed by atoms with Gasteiger partial charge in [-0.1, -0.05) is 43.8 Å². The zero-order valence-corrected chi connectivity index (χ0v) is 47.0. The van der Waals surface area contributed by atoms with Gasteiger partial charge in [0.15, 0.2) is 0 Å². The second-order valence-corrected chi connectivity index (χ2v) is 20.1. The first kappa shape index (κ1) is 61.0. The Morgan fingerprint density at radius 2 is 0.942 bits per heavy atom. The molecule has 0 atom stereocenters. The van der Waals surface area contributed by atoms with E-state index in [-0.39, 0.29) is 54.4 Å². The number of carbonyl (C=O) groups excluding carboxylic acids is 3. The Morgan fingerprint density at radius 3 is 1.23 bits per heavy atom. The van der Waals surface area contributed by atoms with Crippen molar-refractivity contribution in [1.82, 2.24) is 75.4 Å². The van der Waals surface area contributed by atoms with Gasteiger partial charge < -0.3 is 35.1 Å². The minimum Gasteiger partial charge on any atom is -0.415 e. The lowest BCUT2D eigenvalue weighted by Crippen LogP contribution is -2.48. The molecule has 3 saturated heterocycles. The Labute approximate surface area is 502 Å². The van der Waals surface area contributed by atoms with Gasteiger partial charge in [0, 0.05) is 87.8 Å². The molecule has 0 radical (unpaired) electrons. The van der Waals surface area contributed by atoms with Gasteiger partial charge in [0.25, 0.3) is 11.8 Å².